The normalized spacial score (nSPS) is 8.22. The lowest BCUT2D eigenvalue weighted by atomic mass is 10.2. The van der Waals surface area contributed by atoms with Crippen LogP contribution in [0.4, 0.5) is 0 Å². The third-order valence-electron chi connectivity index (χ3n) is 1.27. The van der Waals surface area contributed by atoms with Gasteiger partial charge in [0.25, 0.3) is 11.9 Å². The van der Waals surface area contributed by atoms with Gasteiger partial charge in [0, 0.05) is 19.9 Å². The molecule has 0 aliphatic carbocycles. The topological polar surface area (TPSA) is 115 Å². The van der Waals surface area contributed by atoms with Gasteiger partial charge in [-0.05, 0) is 18.6 Å². The molecule has 0 atom stereocenters. The van der Waals surface area contributed by atoms with Crippen molar-refractivity contribution in [1.82, 2.24) is 0 Å². The number of hydrogen-bond donors (Lipinski definition) is 4. The summed E-state index contributed by atoms with van der Waals surface area (Å²) in [5.41, 5.74) is 0.613. The summed E-state index contributed by atoms with van der Waals surface area (Å²) >= 11 is 5.48. The first-order valence-corrected chi connectivity index (χ1v) is 5.02. The molecule has 0 bridgehead atoms. The first kappa shape index (κ1) is 18.4. The van der Waals surface area contributed by atoms with Gasteiger partial charge in [-0.25, -0.2) is 0 Å². The molecule has 0 heterocycles. The minimum absolute atomic E-state index is 0.00281. The zero-order valence-electron chi connectivity index (χ0n) is 10.1. The van der Waals surface area contributed by atoms with Crippen molar-refractivity contribution in [2.45, 2.75) is 20.8 Å². The van der Waals surface area contributed by atoms with Crippen molar-refractivity contribution in [1.29, 1.82) is 0 Å². The molecule has 0 aromatic heterocycles. The molecule has 0 unspecified atom stereocenters. The van der Waals surface area contributed by atoms with E-state index < -0.39 is 11.9 Å². The smallest absolute Gasteiger partial charge is 0.300 e. The Bertz CT molecular complexity index is 346. The molecule has 7 heteroatoms. The molecule has 1 aromatic carbocycles. The average Bonchev–Trinajstić information content (AvgIpc) is 2.13. The lowest BCUT2D eigenvalue weighted by molar-refractivity contribution is -0.135. The fourth-order valence-electron chi connectivity index (χ4n) is 0.656. The minimum Gasteiger partial charge on any atom is -0.508 e. The van der Waals surface area contributed by atoms with Crippen molar-refractivity contribution in [2.24, 2.45) is 0 Å². The quantitative estimate of drug-likeness (QED) is 0.541. The highest BCUT2D eigenvalue weighted by Crippen LogP contribution is 2.29. The Morgan fingerprint density at radius 1 is 1.00 bits per heavy atom. The summed E-state index contributed by atoms with van der Waals surface area (Å²) in [5.74, 6) is -1.57. The molecule has 1 rings (SSSR count). The van der Waals surface area contributed by atoms with Crippen LogP contribution in [0.1, 0.15) is 19.4 Å². The van der Waals surface area contributed by atoms with E-state index >= 15 is 0 Å². The van der Waals surface area contributed by atoms with E-state index in [-0.39, 0.29) is 16.5 Å². The maximum atomic E-state index is 9.03. The summed E-state index contributed by atoms with van der Waals surface area (Å²) in [5, 5.41) is 33.0. The number of carboxylic acid groups (broad SMARTS) is 2. The molecule has 0 saturated carbocycles. The summed E-state index contributed by atoms with van der Waals surface area (Å²) in [6, 6.07) is 2.73. The second kappa shape index (κ2) is 9.12. The lowest BCUT2D eigenvalue weighted by Crippen LogP contribution is -1.78. The maximum absolute atomic E-state index is 9.03. The number of phenols is 2. The third kappa shape index (κ3) is 12.1. The molecule has 1 aromatic rings. The van der Waals surface area contributed by atoms with Gasteiger partial charge in [-0.1, -0.05) is 11.6 Å². The molecule has 0 fully saturated rings. The van der Waals surface area contributed by atoms with Crippen LogP contribution in [0.3, 0.4) is 0 Å². The molecule has 0 aliphatic rings. The minimum atomic E-state index is -0.833. The summed E-state index contributed by atoms with van der Waals surface area (Å²) in [6.45, 7) is 3.85. The molecule has 4 N–H and O–H groups in total. The first-order valence-electron chi connectivity index (χ1n) is 4.65. The Labute approximate surface area is 109 Å². The highest BCUT2D eigenvalue weighted by atomic mass is 35.5. The van der Waals surface area contributed by atoms with E-state index in [9.17, 15) is 0 Å². The highest BCUT2D eigenvalue weighted by Gasteiger charge is 2.01. The number of aromatic hydroxyl groups is 2. The van der Waals surface area contributed by atoms with Gasteiger partial charge < -0.3 is 20.4 Å². The number of carbonyl (C=O) groups is 2. The first-order chi connectivity index (χ1) is 8.07. The average molecular weight is 279 g/mol. The van der Waals surface area contributed by atoms with Gasteiger partial charge in [-0.3, -0.25) is 9.59 Å². The fourth-order valence-corrected chi connectivity index (χ4v) is 0.814. The zero-order chi connectivity index (χ0) is 14.9. The van der Waals surface area contributed by atoms with Gasteiger partial charge in [-0.15, -0.1) is 0 Å². The van der Waals surface area contributed by atoms with Crippen molar-refractivity contribution in [3.63, 3.8) is 0 Å². The SMILES string of the molecule is CC(=O)O.CC(=O)O.Cc1cc(O)c(Cl)cc1O. The maximum Gasteiger partial charge on any atom is 0.300 e. The van der Waals surface area contributed by atoms with Crippen LogP contribution in [0, 0.1) is 6.92 Å². The van der Waals surface area contributed by atoms with E-state index in [4.69, 9.17) is 41.6 Å². The molecule has 0 aliphatic heterocycles. The van der Waals surface area contributed by atoms with E-state index in [0.717, 1.165) is 13.8 Å². The van der Waals surface area contributed by atoms with Gasteiger partial charge in [0.1, 0.15) is 11.5 Å². The van der Waals surface area contributed by atoms with E-state index in [2.05, 4.69) is 0 Å². The molecule has 18 heavy (non-hydrogen) atoms. The van der Waals surface area contributed by atoms with Crippen LogP contribution in [0.25, 0.3) is 0 Å². The lowest BCUT2D eigenvalue weighted by Gasteiger charge is -2.00. The van der Waals surface area contributed by atoms with Crippen molar-refractivity contribution < 1.29 is 30.0 Å². The Morgan fingerprint density at radius 3 is 1.61 bits per heavy atom. The second-order valence-corrected chi connectivity index (χ2v) is 3.54. The highest BCUT2D eigenvalue weighted by molar-refractivity contribution is 6.32. The van der Waals surface area contributed by atoms with Gasteiger partial charge in [0.05, 0.1) is 5.02 Å². The predicted octanol–water partition coefficient (Wildman–Crippen LogP) is 2.24. The van der Waals surface area contributed by atoms with E-state index in [0.29, 0.717) is 5.56 Å². The Morgan fingerprint density at radius 2 is 1.33 bits per heavy atom. The summed E-state index contributed by atoms with van der Waals surface area (Å²) < 4.78 is 0. The number of carboxylic acids is 2. The molecule has 0 saturated heterocycles. The van der Waals surface area contributed by atoms with Crippen LogP contribution in [0.5, 0.6) is 11.5 Å². The van der Waals surface area contributed by atoms with Crippen LogP contribution >= 0.6 is 11.6 Å². The molecular weight excluding hydrogens is 264 g/mol. The number of aliphatic carboxylic acids is 2. The van der Waals surface area contributed by atoms with Crippen LogP contribution in [0.2, 0.25) is 5.02 Å². The monoisotopic (exact) mass is 278 g/mol. The van der Waals surface area contributed by atoms with Crippen LogP contribution in [-0.4, -0.2) is 32.4 Å². The number of hydrogen-bond acceptors (Lipinski definition) is 4. The summed E-state index contributed by atoms with van der Waals surface area (Å²) in [6.07, 6.45) is 0. The van der Waals surface area contributed by atoms with E-state index in [1.54, 1.807) is 6.92 Å². The molecule has 6 nitrogen and oxygen atoms in total. The molecular formula is C11H15ClO6. The Hall–Kier alpha value is -1.95. The molecule has 0 radical (unpaired) electrons. The fraction of sp³-hybridized carbons (Fsp3) is 0.273. The molecule has 0 amide bonds. The van der Waals surface area contributed by atoms with Crippen molar-refractivity contribution in [3.8, 4) is 11.5 Å². The van der Waals surface area contributed by atoms with Crippen molar-refractivity contribution in [2.75, 3.05) is 0 Å². The van der Waals surface area contributed by atoms with Gasteiger partial charge in [0.2, 0.25) is 0 Å². The van der Waals surface area contributed by atoms with Crippen LogP contribution in [-0.2, 0) is 9.59 Å². The summed E-state index contributed by atoms with van der Waals surface area (Å²) in [4.78, 5) is 18.0. The standard InChI is InChI=1S/C7H7ClO2.2C2H4O2/c1-4-2-7(10)5(8)3-6(4)9;2*1-2(3)4/h2-3,9-10H,1H3;2*1H3,(H,3,4). The van der Waals surface area contributed by atoms with Gasteiger partial charge in [-0.2, -0.15) is 0 Å². The third-order valence-corrected chi connectivity index (χ3v) is 1.57. The van der Waals surface area contributed by atoms with Crippen molar-refractivity contribution in [3.05, 3.63) is 22.7 Å². The van der Waals surface area contributed by atoms with Crippen LogP contribution < -0.4 is 0 Å². The van der Waals surface area contributed by atoms with E-state index in [1.807, 2.05) is 0 Å². The molecule has 0 spiro atoms. The number of phenolic OH excluding ortho intramolecular Hbond substituents is 2. The zero-order valence-corrected chi connectivity index (χ0v) is 10.9. The van der Waals surface area contributed by atoms with Crippen LogP contribution in [0.15, 0.2) is 12.1 Å². The summed E-state index contributed by atoms with van der Waals surface area (Å²) in [7, 11) is 0. The number of rotatable bonds is 0. The van der Waals surface area contributed by atoms with Gasteiger partial charge in [0.15, 0.2) is 0 Å². The van der Waals surface area contributed by atoms with Crippen molar-refractivity contribution >= 4 is 23.5 Å². The number of benzene rings is 1. The number of halogens is 1. The largest absolute Gasteiger partial charge is 0.508 e. The Kier molecular flexibility index (Phi) is 9.33. The van der Waals surface area contributed by atoms with E-state index in [1.165, 1.54) is 12.1 Å². The predicted molar refractivity (Wildman–Crippen MR) is 66.1 cm³/mol. The number of aryl methyl sites for hydroxylation is 1. The Balaban J connectivity index is 0. The second-order valence-electron chi connectivity index (χ2n) is 3.13. The van der Waals surface area contributed by atoms with Gasteiger partial charge >= 0.3 is 0 Å². The molecule has 102 valence electrons.